The lowest BCUT2D eigenvalue weighted by Gasteiger charge is -2.08. The Labute approximate surface area is 107 Å². The van der Waals surface area contributed by atoms with E-state index in [4.69, 9.17) is 17.3 Å². The zero-order valence-electron chi connectivity index (χ0n) is 8.55. The number of nitrogens with two attached hydrogens (primary N) is 1. The summed E-state index contributed by atoms with van der Waals surface area (Å²) in [4.78, 5) is 8.08. The summed E-state index contributed by atoms with van der Waals surface area (Å²) >= 11 is 8.95. The molecule has 0 aliphatic carbocycles. The number of pyridine rings is 1. The molecule has 2 aromatic heterocycles. The van der Waals surface area contributed by atoms with Gasteiger partial charge in [-0.1, -0.05) is 29.0 Å². The number of anilines is 1. The van der Waals surface area contributed by atoms with Crippen LogP contribution in [0, 0.1) is 0 Å². The summed E-state index contributed by atoms with van der Waals surface area (Å²) in [5, 5.41) is 1.43. The fourth-order valence-corrected chi connectivity index (χ4v) is 3.34. The van der Waals surface area contributed by atoms with Crippen molar-refractivity contribution in [1.29, 1.82) is 0 Å². The van der Waals surface area contributed by atoms with Crippen molar-refractivity contribution in [2.75, 3.05) is 5.73 Å². The van der Waals surface area contributed by atoms with Crippen LogP contribution < -0.4 is 5.73 Å². The van der Waals surface area contributed by atoms with E-state index in [0.717, 1.165) is 9.77 Å². The third kappa shape index (κ3) is 2.87. The van der Waals surface area contributed by atoms with E-state index in [2.05, 4.69) is 16.9 Å². The monoisotopic (exact) mass is 271 g/mol. The van der Waals surface area contributed by atoms with Crippen molar-refractivity contribution >= 4 is 39.8 Å². The molecule has 0 unspecified atom stereocenters. The van der Waals surface area contributed by atoms with Gasteiger partial charge in [0.1, 0.15) is 5.15 Å². The number of hydrogen-bond donors (Lipinski definition) is 1. The lowest BCUT2D eigenvalue weighted by atomic mass is 10.2. The van der Waals surface area contributed by atoms with Crippen molar-refractivity contribution in [1.82, 2.24) is 9.97 Å². The quantitative estimate of drug-likeness (QED) is 0.684. The predicted molar refractivity (Wildman–Crippen MR) is 70.0 cm³/mol. The largest absolute Gasteiger partial charge is 0.375 e. The molecule has 0 amide bonds. The number of thiazole rings is 1. The summed E-state index contributed by atoms with van der Waals surface area (Å²) in [5.74, 6) is 0. The first-order valence-electron chi connectivity index (χ1n) is 4.64. The SMILES string of the molecule is C[C@H](Sc1cnc(N)s1)c1ccc(Cl)nc1. The average Bonchev–Trinajstić information content (AvgIpc) is 2.65. The molecule has 6 heteroatoms. The van der Waals surface area contributed by atoms with Crippen molar-refractivity contribution in [3.05, 3.63) is 35.2 Å². The van der Waals surface area contributed by atoms with Gasteiger partial charge in [0.05, 0.1) is 10.4 Å². The van der Waals surface area contributed by atoms with Crippen molar-refractivity contribution in [3.63, 3.8) is 0 Å². The van der Waals surface area contributed by atoms with E-state index in [1.807, 2.05) is 6.07 Å². The second-order valence-corrected chi connectivity index (χ2v) is 6.28. The lowest BCUT2D eigenvalue weighted by Crippen LogP contribution is -1.88. The van der Waals surface area contributed by atoms with Crippen LogP contribution in [-0.2, 0) is 0 Å². The van der Waals surface area contributed by atoms with Crippen molar-refractivity contribution in [3.8, 4) is 0 Å². The molecule has 16 heavy (non-hydrogen) atoms. The minimum atomic E-state index is 0.310. The van der Waals surface area contributed by atoms with E-state index in [1.54, 1.807) is 30.2 Å². The van der Waals surface area contributed by atoms with Crippen LogP contribution in [0.5, 0.6) is 0 Å². The maximum Gasteiger partial charge on any atom is 0.181 e. The lowest BCUT2D eigenvalue weighted by molar-refractivity contribution is 1.07. The minimum Gasteiger partial charge on any atom is -0.375 e. The van der Waals surface area contributed by atoms with E-state index in [1.165, 1.54) is 11.3 Å². The summed E-state index contributed by atoms with van der Waals surface area (Å²) < 4.78 is 1.11. The van der Waals surface area contributed by atoms with Crippen molar-refractivity contribution < 1.29 is 0 Å². The molecule has 0 radical (unpaired) electrons. The number of thioether (sulfide) groups is 1. The highest BCUT2D eigenvalue weighted by Crippen LogP contribution is 2.37. The predicted octanol–water partition coefficient (Wildman–Crippen LogP) is 3.63. The Morgan fingerprint density at radius 2 is 2.19 bits per heavy atom. The molecular weight excluding hydrogens is 262 g/mol. The Balaban J connectivity index is 2.08. The summed E-state index contributed by atoms with van der Waals surface area (Å²) in [5.41, 5.74) is 6.72. The van der Waals surface area contributed by atoms with Gasteiger partial charge in [-0.25, -0.2) is 9.97 Å². The van der Waals surface area contributed by atoms with E-state index >= 15 is 0 Å². The van der Waals surface area contributed by atoms with Crippen LogP contribution in [0.3, 0.4) is 0 Å². The van der Waals surface area contributed by atoms with E-state index in [-0.39, 0.29) is 0 Å². The Kier molecular flexibility index (Phi) is 3.68. The highest BCUT2D eigenvalue weighted by molar-refractivity contribution is 8.01. The number of rotatable bonds is 3. The molecule has 2 N–H and O–H groups in total. The zero-order chi connectivity index (χ0) is 11.5. The number of halogens is 1. The highest BCUT2D eigenvalue weighted by atomic mass is 35.5. The first-order valence-corrected chi connectivity index (χ1v) is 6.72. The van der Waals surface area contributed by atoms with E-state index < -0.39 is 0 Å². The van der Waals surface area contributed by atoms with Gasteiger partial charge in [0.25, 0.3) is 0 Å². The van der Waals surface area contributed by atoms with Crippen LogP contribution in [0.1, 0.15) is 17.7 Å². The molecule has 0 fully saturated rings. The molecule has 84 valence electrons. The summed E-state index contributed by atoms with van der Waals surface area (Å²) in [7, 11) is 0. The van der Waals surface area contributed by atoms with Gasteiger partial charge < -0.3 is 5.73 Å². The standard InChI is InChI=1S/C10H10ClN3S2/c1-6(7-2-3-8(11)13-4-7)15-9-5-14-10(12)16-9/h2-6H,1H3,(H2,12,14)/t6-/m0/s1. The Bertz CT molecular complexity index is 469. The summed E-state index contributed by atoms with van der Waals surface area (Å²) in [6, 6.07) is 3.78. The van der Waals surface area contributed by atoms with Gasteiger partial charge in [0.2, 0.25) is 0 Å². The fourth-order valence-electron chi connectivity index (χ4n) is 1.20. The average molecular weight is 272 g/mol. The molecule has 2 heterocycles. The molecule has 0 aliphatic heterocycles. The Morgan fingerprint density at radius 3 is 2.75 bits per heavy atom. The molecule has 0 bridgehead atoms. The molecule has 3 nitrogen and oxygen atoms in total. The number of hydrogen-bond acceptors (Lipinski definition) is 5. The normalized spacial score (nSPS) is 12.6. The third-order valence-corrected chi connectivity index (χ3v) is 4.36. The van der Waals surface area contributed by atoms with Crippen molar-refractivity contribution in [2.45, 2.75) is 16.4 Å². The smallest absolute Gasteiger partial charge is 0.181 e. The first kappa shape index (κ1) is 11.7. The Morgan fingerprint density at radius 1 is 1.38 bits per heavy atom. The van der Waals surface area contributed by atoms with Crippen LogP contribution in [0.4, 0.5) is 5.13 Å². The van der Waals surface area contributed by atoms with Gasteiger partial charge in [0, 0.05) is 11.4 Å². The topological polar surface area (TPSA) is 51.8 Å². The van der Waals surface area contributed by atoms with E-state index in [9.17, 15) is 0 Å². The molecule has 0 spiro atoms. The van der Waals surface area contributed by atoms with Crippen LogP contribution >= 0.6 is 34.7 Å². The number of nitrogens with zero attached hydrogens (tertiary/aromatic N) is 2. The first-order chi connectivity index (χ1) is 7.65. The second kappa shape index (κ2) is 5.03. The van der Waals surface area contributed by atoms with Gasteiger partial charge in [-0.05, 0) is 18.6 Å². The van der Waals surface area contributed by atoms with Crippen LogP contribution in [-0.4, -0.2) is 9.97 Å². The zero-order valence-corrected chi connectivity index (χ0v) is 10.9. The van der Waals surface area contributed by atoms with Gasteiger partial charge >= 0.3 is 0 Å². The number of aromatic nitrogens is 2. The molecular formula is C10H10ClN3S2. The second-order valence-electron chi connectivity index (χ2n) is 3.19. The minimum absolute atomic E-state index is 0.310. The third-order valence-electron chi connectivity index (χ3n) is 2.01. The summed E-state index contributed by atoms with van der Waals surface area (Å²) in [6.45, 7) is 2.12. The molecule has 0 saturated carbocycles. The molecule has 0 saturated heterocycles. The van der Waals surface area contributed by atoms with Gasteiger partial charge in [-0.3, -0.25) is 0 Å². The van der Waals surface area contributed by atoms with Gasteiger partial charge in [0.15, 0.2) is 5.13 Å². The molecule has 2 aromatic rings. The van der Waals surface area contributed by atoms with E-state index in [0.29, 0.717) is 15.5 Å². The molecule has 0 aromatic carbocycles. The van der Waals surface area contributed by atoms with Crippen LogP contribution in [0.25, 0.3) is 0 Å². The van der Waals surface area contributed by atoms with Crippen LogP contribution in [0.2, 0.25) is 5.15 Å². The fraction of sp³-hybridized carbons (Fsp3) is 0.200. The molecule has 2 rings (SSSR count). The number of nitrogen functional groups attached to an aromatic ring is 1. The maximum atomic E-state index is 5.74. The van der Waals surface area contributed by atoms with Gasteiger partial charge in [-0.15, -0.1) is 11.8 Å². The molecule has 1 atom stereocenters. The highest BCUT2D eigenvalue weighted by Gasteiger charge is 2.09. The molecule has 0 aliphatic rings. The van der Waals surface area contributed by atoms with Gasteiger partial charge in [-0.2, -0.15) is 0 Å². The summed E-state index contributed by atoms with van der Waals surface area (Å²) in [6.07, 6.45) is 3.59. The van der Waals surface area contributed by atoms with Crippen LogP contribution in [0.15, 0.2) is 28.7 Å². The Hall–Kier alpha value is -0.780. The van der Waals surface area contributed by atoms with Crippen molar-refractivity contribution in [2.24, 2.45) is 0 Å². The maximum absolute atomic E-state index is 5.74.